The monoisotopic (exact) mass is 282 g/mol. The number of aryl methyl sites for hydroxylation is 1. The Kier molecular flexibility index (Phi) is 5.19. The van der Waals surface area contributed by atoms with Crippen molar-refractivity contribution in [2.45, 2.75) is 39.3 Å². The largest absolute Gasteiger partial charge is 0.344 e. The summed E-state index contributed by atoms with van der Waals surface area (Å²) < 4.78 is 0. The van der Waals surface area contributed by atoms with Crippen LogP contribution in [-0.4, -0.2) is 49.7 Å². The highest BCUT2D eigenvalue weighted by Crippen LogP contribution is 2.29. The average molecular weight is 282 g/mol. The third kappa shape index (κ3) is 3.46. The van der Waals surface area contributed by atoms with Crippen molar-refractivity contribution in [1.82, 2.24) is 15.2 Å². The van der Waals surface area contributed by atoms with E-state index in [-0.39, 0.29) is 0 Å². The number of aromatic nitrogens is 1. The lowest BCUT2D eigenvalue weighted by Gasteiger charge is -2.29. The molecule has 0 radical (unpaired) electrons. The van der Waals surface area contributed by atoms with Gasteiger partial charge < -0.3 is 15.1 Å². The highest BCUT2D eigenvalue weighted by molar-refractivity contribution is 7.15. The van der Waals surface area contributed by atoms with E-state index < -0.39 is 0 Å². The molecule has 0 aliphatic carbocycles. The van der Waals surface area contributed by atoms with Crippen LogP contribution in [0.1, 0.15) is 30.3 Å². The lowest BCUT2D eigenvalue weighted by atomic mass is 10.2. The number of nitrogens with zero attached hydrogens (tertiary/aromatic N) is 3. The molecule has 0 aromatic carbocycles. The molecule has 1 aromatic heterocycles. The second-order valence-corrected chi connectivity index (χ2v) is 6.47. The Balaban J connectivity index is 2.20. The van der Waals surface area contributed by atoms with E-state index in [9.17, 15) is 0 Å². The first-order chi connectivity index (χ1) is 9.15. The van der Waals surface area contributed by atoms with Gasteiger partial charge in [0.2, 0.25) is 0 Å². The van der Waals surface area contributed by atoms with Crippen LogP contribution in [0.2, 0.25) is 0 Å². The van der Waals surface area contributed by atoms with Crippen LogP contribution in [0.3, 0.4) is 0 Å². The first kappa shape index (κ1) is 14.8. The standard InChI is InChI=1S/C14H26N4S/c1-5-12-10-17(4)7-6-8-18(12)14-16-11(2)13(19-14)9-15-3/h12,15H,5-10H2,1-4H3. The van der Waals surface area contributed by atoms with Gasteiger partial charge in [0.1, 0.15) is 0 Å². The molecule has 0 spiro atoms. The molecule has 2 heterocycles. The SMILES string of the molecule is CCC1CN(C)CCCN1c1nc(C)c(CNC)s1. The van der Waals surface area contributed by atoms with E-state index in [4.69, 9.17) is 4.98 Å². The van der Waals surface area contributed by atoms with E-state index in [1.807, 2.05) is 18.4 Å². The number of rotatable bonds is 4. The van der Waals surface area contributed by atoms with E-state index in [0.29, 0.717) is 6.04 Å². The van der Waals surface area contributed by atoms with Crippen molar-refractivity contribution in [1.29, 1.82) is 0 Å². The van der Waals surface area contributed by atoms with Gasteiger partial charge in [-0.05, 0) is 40.4 Å². The fourth-order valence-electron chi connectivity index (χ4n) is 2.70. The topological polar surface area (TPSA) is 31.4 Å². The molecule has 0 saturated carbocycles. The maximum Gasteiger partial charge on any atom is 0.186 e. The number of nitrogens with one attached hydrogen (secondary N) is 1. The summed E-state index contributed by atoms with van der Waals surface area (Å²) in [7, 11) is 4.22. The second-order valence-electron chi connectivity index (χ2n) is 5.41. The molecule has 108 valence electrons. The Morgan fingerprint density at radius 1 is 1.42 bits per heavy atom. The van der Waals surface area contributed by atoms with Gasteiger partial charge in [0, 0.05) is 30.6 Å². The maximum absolute atomic E-state index is 4.80. The van der Waals surface area contributed by atoms with Gasteiger partial charge in [-0.15, -0.1) is 11.3 Å². The number of thiazole rings is 1. The van der Waals surface area contributed by atoms with Crippen molar-refractivity contribution < 1.29 is 0 Å². The van der Waals surface area contributed by atoms with Crippen molar-refractivity contribution in [2.75, 3.05) is 38.6 Å². The Hall–Kier alpha value is -0.650. The fraction of sp³-hybridized carbons (Fsp3) is 0.786. The lowest BCUT2D eigenvalue weighted by Crippen LogP contribution is -2.39. The summed E-state index contributed by atoms with van der Waals surface area (Å²) in [6.45, 7) is 8.81. The first-order valence-corrected chi connectivity index (χ1v) is 8.03. The number of hydrogen-bond acceptors (Lipinski definition) is 5. The molecule has 1 aliphatic rings. The van der Waals surface area contributed by atoms with Gasteiger partial charge in [-0.2, -0.15) is 0 Å². The zero-order valence-corrected chi connectivity index (χ0v) is 13.4. The molecular weight excluding hydrogens is 256 g/mol. The van der Waals surface area contributed by atoms with Crippen LogP contribution >= 0.6 is 11.3 Å². The highest BCUT2D eigenvalue weighted by Gasteiger charge is 2.24. The molecule has 19 heavy (non-hydrogen) atoms. The predicted molar refractivity (Wildman–Crippen MR) is 83.2 cm³/mol. The fourth-order valence-corrected chi connectivity index (χ4v) is 3.87. The third-order valence-corrected chi connectivity index (χ3v) is 5.03. The van der Waals surface area contributed by atoms with Gasteiger partial charge in [-0.25, -0.2) is 4.98 Å². The molecular formula is C14H26N4S. The molecule has 0 bridgehead atoms. The smallest absolute Gasteiger partial charge is 0.186 e. The minimum atomic E-state index is 0.598. The summed E-state index contributed by atoms with van der Waals surface area (Å²) >= 11 is 1.85. The summed E-state index contributed by atoms with van der Waals surface area (Å²) in [5, 5.41) is 4.44. The summed E-state index contributed by atoms with van der Waals surface area (Å²) in [5.41, 5.74) is 1.18. The molecule has 1 fully saturated rings. The zero-order valence-electron chi connectivity index (χ0n) is 12.6. The molecule has 5 heteroatoms. The number of hydrogen-bond donors (Lipinski definition) is 1. The van der Waals surface area contributed by atoms with Crippen molar-refractivity contribution in [3.63, 3.8) is 0 Å². The van der Waals surface area contributed by atoms with E-state index in [1.165, 1.54) is 35.1 Å². The van der Waals surface area contributed by atoms with Crippen LogP contribution < -0.4 is 10.2 Å². The summed E-state index contributed by atoms with van der Waals surface area (Å²) in [6, 6.07) is 0.598. The molecule has 4 nitrogen and oxygen atoms in total. The van der Waals surface area contributed by atoms with E-state index in [0.717, 1.165) is 19.6 Å². The summed E-state index contributed by atoms with van der Waals surface area (Å²) in [5.74, 6) is 0. The Bertz CT molecular complexity index is 404. The predicted octanol–water partition coefficient (Wildman–Crippen LogP) is 2.09. The van der Waals surface area contributed by atoms with Crippen LogP contribution in [0.4, 0.5) is 5.13 Å². The van der Waals surface area contributed by atoms with Gasteiger partial charge >= 0.3 is 0 Å². The van der Waals surface area contributed by atoms with Crippen LogP contribution in [0, 0.1) is 6.92 Å². The van der Waals surface area contributed by atoms with E-state index in [1.54, 1.807) is 0 Å². The summed E-state index contributed by atoms with van der Waals surface area (Å²) in [4.78, 5) is 11.1. The second kappa shape index (κ2) is 6.68. The number of anilines is 1. The highest BCUT2D eigenvalue weighted by atomic mass is 32.1. The maximum atomic E-state index is 4.80. The average Bonchev–Trinajstić information content (AvgIpc) is 2.63. The zero-order chi connectivity index (χ0) is 13.8. The van der Waals surface area contributed by atoms with Crippen molar-refractivity contribution in [3.05, 3.63) is 10.6 Å². The first-order valence-electron chi connectivity index (χ1n) is 7.21. The Labute approximate surface area is 120 Å². The van der Waals surface area contributed by atoms with E-state index >= 15 is 0 Å². The van der Waals surface area contributed by atoms with E-state index in [2.05, 4.69) is 36.0 Å². The Morgan fingerprint density at radius 3 is 2.89 bits per heavy atom. The van der Waals surface area contributed by atoms with Crippen LogP contribution in [-0.2, 0) is 6.54 Å². The van der Waals surface area contributed by atoms with Gasteiger partial charge in [0.15, 0.2) is 5.13 Å². The van der Waals surface area contributed by atoms with Gasteiger partial charge in [-0.1, -0.05) is 6.92 Å². The van der Waals surface area contributed by atoms with Crippen LogP contribution in [0.25, 0.3) is 0 Å². The molecule has 1 unspecified atom stereocenters. The summed E-state index contributed by atoms with van der Waals surface area (Å²) in [6.07, 6.45) is 2.41. The third-order valence-electron chi connectivity index (χ3n) is 3.84. The van der Waals surface area contributed by atoms with Crippen LogP contribution in [0.5, 0.6) is 0 Å². The van der Waals surface area contributed by atoms with Crippen molar-refractivity contribution >= 4 is 16.5 Å². The molecule has 1 saturated heterocycles. The quantitative estimate of drug-likeness (QED) is 0.916. The molecule has 1 atom stereocenters. The number of likely N-dealkylation sites (N-methyl/N-ethyl adjacent to an activating group) is 1. The van der Waals surface area contributed by atoms with Crippen LogP contribution in [0.15, 0.2) is 0 Å². The molecule has 2 rings (SSSR count). The molecule has 1 aromatic rings. The van der Waals surface area contributed by atoms with Gasteiger partial charge in [0.25, 0.3) is 0 Å². The van der Waals surface area contributed by atoms with Crippen molar-refractivity contribution in [3.8, 4) is 0 Å². The minimum absolute atomic E-state index is 0.598. The molecule has 1 aliphatic heterocycles. The molecule has 0 amide bonds. The van der Waals surface area contributed by atoms with Gasteiger partial charge in [-0.3, -0.25) is 0 Å². The normalized spacial score (nSPS) is 21.7. The molecule has 1 N–H and O–H groups in total. The van der Waals surface area contributed by atoms with Crippen molar-refractivity contribution in [2.24, 2.45) is 0 Å². The van der Waals surface area contributed by atoms with Gasteiger partial charge in [0.05, 0.1) is 5.69 Å². The Morgan fingerprint density at radius 2 is 2.21 bits per heavy atom. The minimum Gasteiger partial charge on any atom is -0.344 e. The lowest BCUT2D eigenvalue weighted by molar-refractivity contribution is 0.328.